The molecule has 1 aromatic carbocycles. The Morgan fingerprint density at radius 1 is 1.21 bits per heavy atom. The minimum Gasteiger partial charge on any atom is -0.484 e. The van der Waals surface area contributed by atoms with Gasteiger partial charge in [-0.1, -0.05) is 12.1 Å². The van der Waals surface area contributed by atoms with Crippen LogP contribution >= 0.6 is 0 Å². The zero-order valence-electron chi connectivity index (χ0n) is 11.1. The van der Waals surface area contributed by atoms with Crippen LogP contribution in [0.5, 0.6) is 5.75 Å². The van der Waals surface area contributed by atoms with E-state index in [2.05, 4.69) is 5.32 Å². The minimum atomic E-state index is -0.763. The average Bonchev–Trinajstić information content (AvgIpc) is 2.35. The topological polar surface area (TPSA) is 107 Å². The van der Waals surface area contributed by atoms with Gasteiger partial charge in [0, 0.05) is 6.54 Å². The fourth-order valence-corrected chi connectivity index (χ4v) is 1.27. The molecule has 5 N–H and O–H groups in total. The monoisotopic (exact) mass is 265 g/mol. The maximum Gasteiger partial charge on any atom is 0.255 e. The number of ether oxygens (including phenoxy) is 1. The number of nitrogens with two attached hydrogens (primary N) is 2. The highest BCUT2D eigenvalue weighted by atomic mass is 16.5. The van der Waals surface area contributed by atoms with Crippen molar-refractivity contribution < 1.29 is 14.3 Å². The third-order valence-corrected chi connectivity index (χ3v) is 2.65. The van der Waals surface area contributed by atoms with Gasteiger partial charge in [0.15, 0.2) is 6.61 Å². The number of nitrogens with one attached hydrogen (secondary N) is 1. The van der Waals surface area contributed by atoms with E-state index >= 15 is 0 Å². The molecule has 1 aromatic rings. The van der Waals surface area contributed by atoms with Crippen molar-refractivity contribution >= 4 is 11.8 Å². The molecule has 1 rings (SSSR count). The third-order valence-electron chi connectivity index (χ3n) is 2.65. The maximum absolute atomic E-state index is 11.1. The summed E-state index contributed by atoms with van der Waals surface area (Å²) in [6, 6.07) is 7.13. The van der Waals surface area contributed by atoms with Gasteiger partial charge >= 0.3 is 0 Å². The second kappa shape index (κ2) is 6.19. The highest BCUT2D eigenvalue weighted by molar-refractivity contribution is 5.83. The van der Waals surface area contributed by atoms with Crippen LogP contribution in [0.25, 0.3) is 0 Å². The van der Waals surface area contributed by atoms with Crippen LogP contribution in [0.2, 0.25) is 0 Å². The lowest BCUT2D eigenvalue weighted by molar-refractivity contribution is -0.123. The van der Waals surface area contributed by atoms with Gasteiger partial charge in [0.25, 0.3) is 5.91 Å². The first kappa shape index (κ1) is 15.0. The van der Waals surface area contributed by atoms with Gasteiger partial charge in [0.2, 0.25) is 5.91 Å². The van der Waals surface area contributed by atoms with E-state index in [9.17, 15) is 9.59 Å². The van der Waals surface area contributed by atoms with E-state index in [1.165, 1.54) is 0 Å². The molecule has 0 aliphatic heterocycles. The van der Waals surface area contributed by atoms with Crippen LogP contribution in [-0.2, 0) is 16.1 Å². The van der Waals surface area contributed by atoms with Crippen molar-refractivity contribution in [1.82, 2.24) is 5.32 Å². The summed E-state index contributed by atoms with van der Waals surface area (Å²) in [6.07, 6.45) is 0. The fraction of sp³-hybridized carbons (Fsp3) is 0.385. The van der Waals surface area contributed by atoms with E-state index in [4.69, 9.17) is 16.2 Å². The predicted octanol–water partition coefficient (Wildman–Crippen LogP) is -0.0958. The van der Waals surface area contributed by atoms with Crippen LogP contribution in [-0.4, -0.2) is 24.0 Å². The Hall–Kier alpha value is -2.08. The quantitative estimate of drug-likeness (QED) is 0.640. The molecule has 6 heteroatoms. The van der Waals surface area contributed by atoms with E-state index in [1.54, 1.807) is 26.0 Å². The van der Waals surface area contributed by atoms with E-state index in [0.717, 1.165) is 5.56 Å². The summed E-state index contributed by atoms with van der Waals surface area (Å²) in [7, 11) is 0. The van der Waals surface area contributed by atoms with E-state index in [0.29, 0.717) is 12.3 Å². The lowest BCUT2D eigenvalue weighted by atomic mass is 10.0. The van der Waals surface area contributed by atoms with Crippen LogP contribution in [0.4, 0.5) is 0 Å². The Kier molecular flexibility index (Phi) is 4.88. The number of hydrogen-bond acceptors (Lipinski definition) is 4. The summed E-state index contributed by atoms with van der Waals surface area (Å²) in [6.45, 7) is 3.80. The smallest absolute Gasteiger partial charge is 0.255 e. The molecule has 0 heterocycles. The van der Waals surface area contributed by atoms with Crippen molar-refractivity contribution in [2.75, 3.05) is 6.61 Å². The standard InChI is InChI=1S/C13H19N3O3/c1-13(2,12(15)18)16-7-9-3-5-10(6-4-9)19-8-11(14)17/h3-6,16H,7-8H2,1-2H3,(H2,14,17)(H2,15,18). The van der Waals surface area contributed by atoms with Crippen molar-refractivity contribution in [1.29, 1.82) is 0 Å². The minimum absolute atomic E-state index is 0.147. The predicted molar refractivity (Wildman–Crippen MR) is 71.2 cm³/mol. The molecule has 0 atom stereocenters. The maximum atomic E-state index is 11.1. The molecule has 2 amide bonds. The first-order chi connectivity index (χ1) is 8.81. The summed E-state index contributed by atoms with van der Waals surface area (Å²) in [4.78, 5) is 21.7. The van der Waals surface area contributed by atoms with Gasteiger partial charge in [-0.2, -0.15) is 0 Å². The molecule has 0 spiro atoms. The molecule has 0 fully saturated rings. The Labute approximate surface area is 112 Å². The Balaban J connectivity index is 2.53. The summed E-state index contributed by atoms with van der Waals surface area (Å²) in [5, 5.41) is 3.05. The molecule has 0 saturated carbocycles. The molecule has 0 bridgehead atoms. The summed E-state index contributed by atoms with van der Waals surface area (Å²) >= 11 is 0. The summed E-state index contributed by atoms with van der Waals surface area (Å²) in [5.41, 5.74) is 10.4. The molecule has 19 heavy (non-hydrogen) atoms. The number of hydrogen-bond donors (Lipinski definition) is 3. The number of primary amides is 2. The lowest BCUT2D eigenvalue weighted by Gasteiger charge is -2.22. The summed E-state index contributed by atoms with van der Waals surface area (Å²) in [5.74, 6) is -0.362. The fourth-order valence-electron chi connectivity index (χ4n) is 1.27. The van der Waals surface area contributed by atoms with Crippen LogP contribution < -0.4 is 21.5 Å². The van der Waals surface area contributed by atoms with Crippen LogP contribution in [0.3, 0.4) is 0 Å². The number of benzene rings is 1. The van der Waals surface area contributed by atoms with Gasteiger partial charge < -0.3 is 16.2 Å². The normalized spacial score (nSPS) is 11.1. The molecular formula is C13H19N3O3. The van der Waals surface area contributed by atoms with Gasteiger partial charge in [-0.05, 0) is 31.5 Å². The van der Waals surface area contributed by atoms with Crippen LogP contribution in [0.1, 0.15) is 19.4 Å². The number of carbonyl (C=O) groups excluding carboxylic acids is 2. The largest absolute Gasteiger partial charge is 0.484 e. The van der Waals surface area contributed by atoms with E-state index in [1.807, 2.05) is 12.1 Å². The van der Waals surface area contributed by atoms with Crippen molar-refractivity contribution in [3.63, 3.8) is 0 Å². The van der Waals surface area contributed by atoms with Gasteiger partial charge in [-0.3, -0.25) is 14.9 Å². The number of amides is 2. The Morgan fingerprint density at radius 2 is 1.79 bits per heavy atom. The van der Waals surface area contributed by atoms with Crippen molar-refractivity contribution in [3.8, 4) is 5.75 Å². The van der Waals surface area contributed by atoms with Gasteiger partial charge in [0.1, 0.15) is 5.75 Å². The average molecular weight is 265 g/mol. The molecule has 104 valence electrons. The second-order valence-electron chi connectivity index (χ2n) is 4.74. The molecule has 0 saturated heterocycles. The third kappa shape index (κ3) is 4.97. The van der Waals surface area contributed by atoms with Gasteiger partial charge in [0.05, 0.1) is 5.54 Å². The highest BCUT2D eigenvalue weighted by Gasteiger charge is 2.23. The molecule has 0 radical (unpaired) electrons. The number of carbonyl (C=O) groups is 2. The van der Waals surface area contributed by atoms with E-state index < -0.39 is 17.4 Å². The first-order valence-electron chi connectivity index (χ1n) is 5.86. The highest BCUT2D eigenvalue weighted by Crippen LogP contribution is 2.13. The van der Waals surface area contributed by atoms with Crippen LogP contribution in [0.15, 0.2) is 24.3 Å². The zero-order valence-corrected chi connectivity index (χ0v) is 11.1. The number of rotatable bonds is 7. The molecule has 0 aliphatic carbocycles. The molecule has 0 aromatic heterocycles. The van der Waals surface area contributed by atoms with Crippen molar-refractivity contribution in [2.45, 2.75) is 25.9 Å². The zero-order chi connectivity index (χ0) is 14.5. The second-order valence-corrected chi connectivity index (χ2v) is 4.74. The summed E-state index contributed by atoms with van der Waals surface area (Å²) < 4.78 is 5.14. The van der Waals surface area contributed by atoms with Crippen molar-refractivity contribution in [2.24, 2.45) is 11.5 Å². The molecular weight excluding hydrogens is 246 g/mol. The van der Waals surface area contributed by atoms with Gasteiger partial charge in [-0.25, -0.2) is 0 Å². The van der Waals surface area contributed by atoms with Crippen molar-refractivity contribution in [3.05, 3.63) is 29.8 Å². The Bertz CT molecular complexity index is 455. The molecule has 6 nitrogen and oxygen atoms in total. The molecule has 0 unspecified atom stereocenters. The SMILES string of the molecule is CC(C)(NCc1ccc(OCC(N)=O)cc1)C(N)=O. The molecule has 0 aliphatic rings. The first-order valence-corrected chi connectivity index (χ1v) is 5.86. The van der Waals surface area contributed by atoms with Gasteiger partial charge in [-0.15, -0.1) is 0 Å². The van der Waals surface area contributed by atoms with Crippen LogP contribution in [0, 0.1) is 0 Å². The Morgan fingerprint density at radius 3 is 2.26 bits per heavy atom. The lowest BCUT2D eigenvalue weighted by Crippen LogP contribution is -2.50. The van der Waals surface area contributed by atoms with E-state index in [-0.39, 0.29) is 6.61 Å².